The first kappa shape index (κ1) is 15.0. The number of hydrogen-bond acceptors (Lipinski definition) is 3. The van der Waals surface area contributed by atoms with E-state index in [4.69, 9.17) is 17.0 Å². The molecule has 6 heteroatoms. The van der Waals surface area contributed by atoms with Crippen molar-refractivity contribution in [2.75, 3.05) is 7.11 Å². The number of esters is 1. The maximum atomic E-state index is 12.0. The molecule has 0 bridgehead atoms. The van der Waals surface area contributed by atoms with Gasteiger partial charge in [0.05, 0.1) is 18.7 Å². The molecule has 20 heavy (non-hydrogen) atoms. The maximum absolute atomic E-state index is 12.0. The van der Waals surface area contributed by atoms with Gasteiger partial charge in [-0.2, -0.15) is 0 Å². The Balaban J connectivity index is 2.50. The quantitative estimate of drug-likeness (QED) is 0.631. The van der Waals surface area contributed by atoms with Crippen molar-refractivity contribution >= 4 is 39.2 Å². The molecule has 2 N–H and O–H groups in total. The number of hydrogen-bond donors (Lipinski definition) is 2. The molecule has 0 fully saturated rings. The summed E-state index contributed by atoms with van der Waals surface area (Å²) in [5.74, 6) is -0.369. The summed E-state index contributed by atoms with van der Waals surface area (Å²) in [6.45, 7) is 3.83. The minimum atomic E-state index is -0.369. The van der Waals surface area contributed by atoms with Gasteiger partial charge in [0.1, 0.15) is 0 Å². The summed E-state index contributed by atoms with van der Waals surface area (Å²) in [5.41, 5.74) is 3.33. The van der Waals surface area contributed by atoms with Crippen molar-refractivity contribution in [2.24, 2.45) is 0 Å². The van der Waals surface area contributed by atoms with Crippen molar-refractivity contribution < 1.29 is 9.53 Å². The monoisotopic (exact) mass is 354 g/mol. The highest BCUT2D eigenvalue weighted by molar-refractivity contribution is 9.10. The third-order valence-electron chi connectivity index (χ3n) is 3.20. The van der Waals surface area contributed by atoms with Gasteiger partial charge < -0.3 is 15.4 Å². The van der Waals surface area contributed by atoms with Crippen LogP contribution in [0.1, 0.15) is 24.1 Å². The molecular formula is C14H15BrN2O2S. The molecule has 1 atom stereocenters. The van der Waals surface area contributed by atoms with E-state index in [1.807, 2.05) is 32.0 Å². The topological polar surface area (TPSA) is 50.4 Å². The molecule has 0 unspecified atom stereocenters. The number of halogens is 1. The second kappa shape index (κ2) is 5.93. The number of nitrogens with one attached hydrogen (secondary N) is 2. The van der Waals surface area contributed by atoms with Gasteiger partial charge in [-0.15, -0.1) is 0 Å². The van der Waals surface area contributed by atoms with E-state index < -0.39 is 0 Å². The van der Waals surface area contributed by atoms with Crippen LogP contribution in [0.2, 0.25) is 0 Å². The van der Waals surface area contributed by atoms with Crippen LogP contribution in [0.3, 0.4) is 0 Å². The molecule has 0 amide bonds. The maximum Gasteiger partial charge on any atom is 0.337 e. The molecule has 1 aliphatic heterocycles. The number of thiocarbonyl (C=S) groups is 1. The molecule has 106 valence electrons. The third kappa shape index (κ3) is 2.86. The van der Waals surface area contributed by atoms with Crippen molar-refractivity contribution in [1.29, 1.82) is 0 Å². The number of ether oxygens (including phenoxy) is 1. The average Bonchev–Trinajstić information content (AvgIpc) is 2.40. The highest BCUT2D eigenvalue weighted by Crippen LogP contribution is 2.30. The lowest BCUT2D eigenvalue weighted by atomic mass is 9.95. The Bertz CT molecular complexity index is 613. The van der Waals surface area contributed by atoms with Crippen LogP contribution in [0.5, 0.6) is 0 Å². The van der Waals surface area contributed by atoms with Crippen molar-refractivity contribution in [1.82, 2.24) is 10.6 Å². The molecule has 0 radical (unpaired) electrons. The summed E-state index contributed by atoms with van der Waals surface area (Å²) in [7, 11) is 1.37. The lowest BCUT2D eigenvalue weighted by Crippen LogP contribution is -2.45. The van der Waals surface area contributed by atoms with Crippen LogP contribution in [0.4, 0.5) is 0 Å². The van der Waals surface area contributed by atoms with Gasteiger partial charge in [0.15, 0.2) is 5.11 Å². The Labute approximate surface area is 131 Å². The first-order valence-electron chi connectivity index (χ1n) is 6.06. The largest absolute Gasteiger partial charge is 0.466 e. The van der Waals surface area contributed by atoms with Crippen molar-refractivity contribution in [2.45, 2.75) is 19.9 Å². The molecule has 1 aromatic rings. The zero-order chi connectivity index (χ0) is 14.9. The highest BCUT2D eigenvalue weighted by Gasteiger charge is 2.30. The molecule has 0 saturated heterocycles. The summed E-state index contributed by atoms with van der Waals surface area (Å²) in [4.78, 5) is 12.0. The Hall–Kier alpha value is -1.40. The fourth-order valence-corrected chi connectivity index (χ4v) is 2.78. The Morgan fingerprint density at radius 2 is 2.10 bits per heavy atom. The van der Waals surface area contributed by atoms with Gasteiger partial charge in [-0.05, 0) is 43.3 Å². The van der Waals surface area contributed by atoms with E-state index in [1.165, 1.54) is 7.11 Å². The predicted molar refractivity (Wildman–Crippen MR) is 85.2 cm³/mol. The molecular weight excluding hydrogens is 340 g/mol. The minimum Gasteiger partial charge on any atom is -0.466 e. The Kier molecular flexibility index (Phi) is 4.45. The van der Waals surface area contributed by atoms with Crippen molar-refractivity contribution in [3.05, 3.63) is 45.1 Å². The molecule has 4 nitrogen and oxygen atoms in total. The zero-order valence-electron chi connectivity index (χ0n) is 11.4. The van der Waals surface area contributed by atoms with Gasteiger partial charge in [0.2, 0.25) is 0 Å². The molecule has 0 aromatic heterocycles. The van der Waals surface area contributed by atoms with Crippen LogP contribution in [0, 0.1) is 6.92 Å². The smallest absolute Gasteiger partial charge is 0.337 e. The minimum absolute atomic E-state index is 0.312. The van der Waals surface area contributed by atoms with Gasteiger partial charge >= 0.3 is 5.97 Å². The summed E-state index contributed by atoms with van der Waals surface area (Å²) < 4.78 is 5.86. The summed E-state index contributed by atoms with van der Waals surface area (Å²) >= 11 is 8.68. The van der Waals surface area contributed by atoms with E-state index in [2.05, 4.69) is 26.6 Å². The number of allylic oxidation sites excluding steroid dienone is 1. The number of benzene rings is 1. The fraction of sp³-hybridized carbons (Fsp3) is 0.286. The van der Waals surface area contributed by atoms with E-state index in [-0.39, 0.29) is 12.0 Å². The van der Waals surface area contributed by atoms with Gasteiger partial charge in [0, 0.05) is 10.2 Å². The standard InChI is InChI=1S/C14H15BrN2O2S/c1-7-4-5-9(6-10(7)15)12-11(13(18)19-3)8(2)16-14(20)17-12/h4-6,12H,1-3H3,(H2,16,17,20)/t12-/m1/s1. The second-order valence-corrected chi connectivity index (χ2v) is 5.83. The molecule has 1 aliphatic rings. The Morgan fingerprint density at radius 1 is 1.40 bits per heavy atom. The molecule has 0 spiro atoms. The van der Waals surface area contributed by atoms with Gasteiger partial charge in [0.25, 0.3) is 0 Å². The predicted octanol–water partition coefficient (Wildman–Crippen LogP) is 2.72. The summed E-state index contributed by atoms with van der Waals surface area (Å²) in [5, 5.41) is 6.57. The molecule has 0 saturated carbocycles. The van der Waals surface area contributed by atoms with Crippen LogP contribution in [-0.4, -0.2) is 18.2 Å². The molecule has 0 aliphatic carbocycles. The van der Waals surface area contributed by atoms with Gasteiger partial charge in [-0.3, -0.25) is 0 Å². The fourth-order valence-electron chi connectivity index (χ4n) is 2.11. The number of methoxy groups -OCH3 is 1. The lowest BCUT2D eigenvalue weighted by molar-refractivity contribution is -0.136. The molecule has 1 aromatic carbocycles. The summed E-state index contributed by atoms with van der Waals surface area (Å²) in [6, 6.07) is 5.64. The molecule has 2 rings (SSSR count). The van der Waals surface area contributed by atoms with E-state index in [0.717, 1.165) is 15.6 Å². The van der Waals surface area contributed by atoms with E-state index in [1.54, 1.807) is 0 Å². The summed E-state index contributed by atoms with van der Waals surface area (Å²) in [6.07, 6.45) is 0. The van der Waals surface area contributed by atoms with E-state index in [9.17, 15) is 4.79 Å². The van der Waals surface area contributed by atoms with E-state index in [0.29, 0.717) is 16.4 Å². The van der Waals surface area contributed by atoms with E-state index >= 15 is 0 Å². The SMILES string of the molecule is COC(=O)C1=C(C)NC(=S)N[C@@H]1c1ccc(C)c(Br)c1. The van der Waals surface area contributed by atoms with Crippen LogP contribution in [0.25, 0.3) is 0 Å². The zero-order valence-corrected chi connectivity index (χ0v) is 13.8. The van der Waals surface area contributed by atoms with Gasteiger partial charge in [-0.25, -0.2) is 4.79 Å². The normalized spacial score (nSPS) is 18.4. The Morgan fingerprint density at radius 3 is 2.70 bits per heavy atom. The van der Waals surface area contributed by atoms with Crippen LogP contribution < -0.4 is 10.6 Å². The van der Waals surface area contributed by atoms with Crippen LogP contribution >= 0.6 is 28.1 Å². The van der Waals surface area contributed by atoms with Crippen molar-refractivity contribution in [3.63, 3.8) is 0 Å². The number of carbonyl (C=O) groups is 1. The lowest BCUT2D eigenvalue weighted by Gasteiger charge is -2.29. The first-order valence-corrected chi connectivity index (χ1v) is 7.26. The molecule has 1 heterocycles. The number of rotatable bonds is 2. The first-order chi connectivity index (χ1) is 9.43. The number of aryl methyl sites for hydroxylation is 1. The highest BCUT2D eigenvalue weighted by atomic mass is 79.9. The average molecular weight is 355 g/mol. The van der Waals surface area contributed by atoms with Crippen LogP contribution in [0.15, 0.2) is 33.9 Å². The van der Waals surface area contributed by atoms with Gasteiger partial charge in [-0.1, -0.05) is 28.1 Å². The second-order valence-electron chi connectivity index (χ2n) is 4.57. The van der Waals surface area contributed by atoms with Crippen molar-refractivity contribution in [3.8, 4) is 0 Å². The third-order valence-corrected chi connectivity index (χ3v) is 4.28. The van der Waals surface area contributed by atoms with Crippen LogP contribution in [-0.2, 0) is 9.53 Å². The number of carbonyl (C=O) groups excluding carboxylic acids is 1.